The molecule has 5 heteroatoms. The number of aromatic nitrogens is 2. The first-order valence-corrected chi connectivity index (χ1v) is 10.7. The Hall–Kier alpha value is -2.27. The molecular formula is C23H29N3OS. The Bertz CT molecular complexity index is 952. The number of nitrogens with zero attached hydrogens (tertiary/aromatic N) is 2. The largest absolute Gasteiger partial charge is 0.325 e. The van der Waals surface area contributed by atoms with Gasteiger partial charge in [-0.15, -0.1) is 0 Å². The summed E-state index contributed by atoms with van der Waals surface area (Å²) in [4.78, 5) is 17.2. The lowest BCUT2D eigenvalue weighted by molar-refractivity contribution is -0.113. The second-order valence-corrected chi connectivity index (χ2v) is 9.49. The normalized spacial score (nSPS) is 11.9. The number of para-hydroxylation sites is 2. The molecular weight excluding hydrogens is 366 g/mol. The number of amides is 1. The van der Waals surface area contributed by atoms with E-state index < -0.39 is 0 Å². The van der Waals surface area contributed by atoms with Crippen LogP contribution in [0, 0.1) is 5.92 Å². The second kappa shape index (κ2) is 8.39. The number of anilines is 1. The summed E-state index contributed by atoms with van der Waals surface area (Å²) >= 11 is 1.49. The molecule has 2 aromatic carbocycles. The first-order valence-electron chi connectivity index (χ1n) is 9.72. The summed E-state index contributed by atoms with van der Waals surface area (Å²) in [6, 6.07) is 16.2. The molecule has 148 valence electrons. The molecule has 28 heavy (non-hydrogen) atoms. The molecule has 0 unspecified atom stereocenters. The molecule has 0 saturated carbocycles. The van der Waals surface area contributed by atoms with Gasteiger partial charge in [0.05, 0.1) is 16.8 Å². The van der Waals surface area contributed by atoms with Crippen LogP contribution >= 0.6 is 11.8 Å². The first kappa shape index (κ1) is 20.5. The highest BCUT2D eigenvalue weighted by molar-refractivity contribution is 7.99. The number of thioether (sulfide) groups is 1. The predicted octanol–water partition coefficient (Wildman–Crippen LogP) is 5.72. The Morgan fingerprint density at radius 2 is 1.79 bits per heavy atom. The Morgan fingerprint density at radius 1 is 1.11 bits per heavy atom. The summed E-state index contributed by atoms with van der Waals surface area (Å²) in [7, 11) is 0. The number of carbonyl (C=O) groups excluding carboxylic acids is 1. The molecule has 0 bridgehead atoms. The first-order chi connectivity index (χ1) is 13.2. The smallest absolute Gasteiger partial charge is 0.234 e. The number of imidazole rings is 1. The van der Waals surface area contributed by atoms with Crippen molar-refractivity contribution >= 4 is 34.4 Å². The molecule has 0 spiro atoms. The third-order valence-electron chi connectivity index (χ3n) is 4.53. The number of hydrogen-bond donors (Lipinski definition) is 1. The van der Waals surface area contributed by atoms with Crippen LogP contribution < -0.4 is 5.32 Å². The highest BCUT2D eigenvalue weighted by atomic mass is 32.2. The Kier molecular flexibility index (Phi) is 6.14. The molecule has 1 aromatic heterocycles. The van der Waals surface area contributed by atoms with Crippen molar-refractivity contribution in [1.82, 2.24) is 9.55 Å². The van der Waals surface area contributed by atoms with E-state index >= 15 is 0 Å². The average Bonchev–Trinajstić information content (AvgIpc) is 2.97. The van der Waals surface area contributed by atoms with Crippen LogP contribution in [0.1, 0.15) is 40.2 Å². The molecule has 1 amide bonds. The summed E-state index contributed by atoms with van der Waals surface area (Å²) < 4.78 is 2.22. The maximum atomic E-state index is 12.4. The van der Waals surface area contributed by atoms with Crippen LogP contribution in [0.25, 0.3) is 11.0 Å². The van der Waals surface area contributed by atoms with Crippen molar-refractivity contribution < 1.29 is 4.79 Å². The lowest BCUT2D eigenvalue weighted by Gasteiger charge is -2.19. The molecule has 0 aliphatic carbocycles. The predicted molar refractivity (Wildman–Crippen MR) is 119 cm³/mol. The van der Waals surface area contributed by atoms with E-state index in [1.807, 2.05) is 30.3 Å². The van der Waals surface area contributed by atoms with Crippen molar-refractivity contribution in [2.45, 2.75) is 51.7 Å². The molecule has 0 aliphatic heterocycles. The zero-order chi connectivity index (χ0) is 20.3. The molecule has 1 heterocycles. The van der Waals surface area contributed by atoms with E-state index in [4.69, 9.17) is 4.98 Å². The monoisotopic (exact) mass is 395 g/mol. The third kappa shape index (κ3) is 4.96. The standard InChI is InChI=1S/C23H29N3OS/c1-16(2)14-26-20-9-7-6-8-19(20)25-22(26)28-15-21(27)24-18-12-10-17(11-13-18)23(3,4)5/h6-13,16H,14-15H2,1-5H3,(H,24,27). The van der Waals surface area contributed by atoms with Crippen LogP contribution in [-0.2, 0) is 16.8 Å². The van der Waals surface area contributed by atoms with E-state index in [0.717, 1.165) is 28.4 Å². The molecule has 0 aliphatic rings. The zero-order valence-electron chi connectivity index (χ0n) is 17.3. The maximum absolute atomic E-state index is 12.4. The fourth-order valence-electron chi connectivity index (χ4n) is 3.09. The quantitative estimate of drug-likeness (QED) is 0.543. The number of benzene rings is 2. The van der Waals surface area contributed by atoms with E-state index in [-0.39, 0.29) is 11.3 Å². The Balaban J connectivity index is 1.67. The number of hydrogen-bond acceptors (Lipinski definition) is 3. The van der Waals surface area contributed by atoms with Gasteiger partial charge in [-0.1, -0.05) is 70.6 Å². The minimum Gasteiger partial charge on any atom is -0.325 e. The SMILES string of the molecule is CC(C)Cn1c(SCC(=O)Nc2ccc(C(C)(C)C)cc2)nc2ccccc21. The van der Waals surface area contributed by atoms with E-state index in [9.17, 15) is 4.79 Å². The summed E-state index contributed by atoms with van der Waals surface area (Å²) in [5.74, 6) is 0.825. The van der Waals surface area contributed by atoms with Crippen LogP contribution in [0.15, 0.2) is 53.7 Å². The number of fused-ring (bicyclic) bond motifs is 1. The van der Waals surface area contributed by atoms with Gasteiger partial charge in [-0.25, -0.2) is 4.98 Å². The Morgan fingerprint density at radius 3 is 2.43 bits per heavy atom. The van der Waals surface area contributed by atoms with Crippen molar-refractivity contribution in [3.63, 3.8) is 0 Å². The minimum atomic E-state index is -0.0170. The molecule has 0 radical (unpaired) electrons. The molecule has 1 N–H and O–H groups in total. The summed E-state index contributed by atoms with van der Waals surface area (Å²) in [5, 5.41) is 3.88. The van der Waals surface area contributed by atoms with Gasteiger partial charge in [-0.3, -0.25) is 4.79 Å². The fraction of sp³-hybridized carbons (Fsp3) is 0.391. The molecule has 0 fully saturated rings. The lowest BCUT2D eigenvalue weighted by Crippen LogP contribution is -2.15. The van der Waals surface area contributed by atoms with E-state index in [1.54, 1.807) is 0 Å². The van der Waals surface area contributed by atoms with E-state index in [1.165, 1.54) is 17.3 Å². The van der Waals surface area contributed by atoms with Gasteiger partial charge < -0.3 is 9.88 Å². The number of nitrogens with one attached hydrogen (secondary N) is 1. The topological polar surface area (TPSA) is 46.9 Å². The van der Waals surface area contributed by atoms with Gasteiger partial charge in [0.15, 0.2) is 5.16 Å². The maximum Gasteiger partial charge on any atom is 0.234 e. The zero-order valence-corrected chi connectivity index (χ0v) is 18.1. The van der Waals surface area contributed by atoms with Gasteiger partial charge in [0.2, 0.25) is 5.91 Å². The average molecular weight is 396 g/mol. The number of rotatable bonds is 6. The molecule has 0 atom stereocenters. The van der Waals surface area contributed by atoms with Crippen LogP contribution in [0.3, 0.4) is 0 Å². The van der Waals surface area contributed by atoms with Gasteiger partial charge in [0.1, 0.15) is 0 Å². The van der Waals surface area contributed by atoms with Crippen LogP contribution in [-0.4, -0.2) is 21.2 Å². The second-order valence-electron chi connectivity index (χ2n) is 8.55. The van der Waals surface area contributed by atoms with Gasteiger partial charge in [0.25, 0.3) is 0 Å². The van der Waals surface area contributed by atoms with Gasteiger partial charge in [-0.05, 0) is 41.2 Å². The van der Waals surface area contributed by atoms with Gasteiger partial charge >= 0.3 is 0 Å². The van der Waals surface area contributed by atoms with Crippen LogP contribution in [0.4, 0.5) is 5.69 Å². The molecule has 4 nitrogen and oxygen atoms in total. The highest BCUT2D eigenvalue weighted by Gasteiger charge is 2.15. The van der Waals surface area contributed by atoms with Crippen LogP contribution in [0.5, 0.6) is 0 Å². The summed E-state index contributed by atoms with van der Waals surface area (Å²) in [6.07, 6.45) is 0. The molecule has 3 aromatic rings. The van der Waals surface area contributed by atoms with Crippen LogP contribution in [0.2, 0.25) is 0 Å². The minimum absolute atomic E-state index is 0.0170. The van der Waals surface area contributed by atoms with Crippen molar-refractivity contribution in [2.75, 3.05) is 11.1 Å². The van der Waals surface area contributed by atoms with Gasteiger partial charge in [-0.2, -0.15) is 0 Å². The van der Waals surface area contributed by atoms with Crippen molar-refractivity contribution in [2.24, 2.45) is 5.92 Å². The fourth-order valence-corrected chi connectivity index (χ4v) is 3.91. The Labute approximate surface area is 171 Å². The molecule has 3 rings (SSSR count). The third-order valence-corrected chi connectivity index (χ3v) is 5.51. The van der Waals surface area contributed by atoms with Crippen molar-refractivity contribution in [1.29, 1.82) is 0 Å². The van der Waals surface area contributed by atoms with Crippen molar-refractivity contribution in [3.05, 3.63) is 54.1 Å². The summed E-state index contributed by atoms with van der Waals surface area (Å²) in [6.45, 7) is 11.8. The van der Waals surface area contributed by atoms with E-state index in [2.05, 4.69) is 62.7 Å². The lowest BCUT2D eigenvalue weighted by atomic mass is 9.87. The van der Waals surface area contributed by atoms with Crippen molar-refractivity contribution in [3.8, 4) is 0 Å². The number of carbonyl (C=O) groups is 1. The van der Waals surface area contributed by atoms with E-state index in [0.29, 0.717) is 11.7 Å². The molecule has 0 saturated heterocycles. The van der Waals surface area contributed by atoms with Gasteiger partial charge in [0, 0.05) is 12.2 Å². The highest BCUT2D eigenvalue weighted by Crippen LogP contribution is 2.26. The summed E-state index contributed by atoms with van der Waals surface area (Å²) in [5.41, 5.74) is 4.28.